The molecule has 1 N–H and O–H groups in total. The van der Waals surface area contributed by atoms with Gasteiger partial charge in [-0.05, 0) is 62.4 Å². The first-order chi connectivity index (χ1) is 16.1. The minimum atomic E-state index is -0.265. The molecule has 33 heavy (non-hydrogen) atoms. The number of aryl methyl sites for hydroxylation is 1. The number of para-hydroxylation sites is 1. The Morgan fingerprint density at radius 3 is 2.55 bits per heavy atom. The van der Waals surface area contributed by atoms with E-state index >= 15 is 0 Å². The topological polar surface area (TPSA) is 73.6 Å². The van der Waals surface area contributed by atoms with Gasteiger partial charge in [0.2, 0.25) is 0 Å². The summed E-state index contributed by atoms with van der Waals surface area (Å²) >= 11 is 1.44. The lowest BCUT2D eigenvalue weighted by molar-refractivity contribution is -0.118. The van der Waals surface area contributed by atoms with Gasteiger partial charge in [0.1, 0.15) is 22.7 Å². The van der Waals surface area contributed by atoms with Crippen molar-refractivity contribution in [1.82, 2.24) is 4.98 Å². The predicted molar refractivity (Wildman–Crippen MR) is 131 cm³/mol. The summed E-state index contributed by atoms with van der Waals surface area (Å²) in [5.41, 5.74) is 3.43. The molecule has 166 valence electrons. The summed E-state index contributed by atoms with van der Waals surface area (Å²) in [6.07, 6.45) is 0. The SMILES string of the molecule is CCOc1ccc(-c2nc(NC(=O)COc3ccc4oc5ccccc5c4c3)sc2C)cc1. The van der Waals surface area contributed by atoms with Gasteiger partial charge in [-0.25, -0.2) is 4.98 Å². The van der Waals surface area contributed by atoms with Crippen molar-refractivity contribution in [2.45, 2.75) is 13.8 Å². The molecule has 2 heterocycles. The number of hydrogen-bond acceptors (Lipinski definition) is 6. The zero-order valence-electron chi connectivity index (χ0n) is 18.3. The number of nitrogens with zero attached hydrogens (tertiary/aromatic N) is 1. The van der Waals surface area contributed by atoms with Gasteiger partial charge in [0.25, 0.3) is 5.91 Å². The van der Waals surface area contributed by atoms with Crippen molar-refractivity contribution < 1.29 is 18.7 Å². The number of anilines is 1. The summed E-state index contributed by atoms with van der Waals surface area (Å²) in [5.74, 6) is 1.16. The maximum absolute atomic E-state index is 12.5. The Morgan fingerprint density at radius 1 is 0.970 bits per heavy atom. The fourth-order valence-electron chi connectivity index (χ4n) is 3.69. The van der Waals surface area contributed by atoms with E-state index in [0.717, 1.165) is 43.8 Å². The summed E-state index contributed by atoms with van der Waals surface area (Å²) in [5, 5.41) is 5.35. The monoisotopic (exact) mass is 458 g/mol. The molecule has 0 spiro atoms. The Bertz CT molecular complexity index is 1440. The number of ether oxygens (including phenoxy) is 2. The molecule has 0 saturated heterocycles. The molecule has 0 fully saturated rings. The predicted octanol–water partition coefficient (Wildman–Crippen LogP) is 6.43. The number of fused-ring (bicyclic) bond motifs is 3. The number of furan rings is 1. The average Bonchev–Trinajstić information content (AvgIpc) is 3.38. The summed E-state index contributed by atoms with van der Waals surface area (Å²) in [6, 6.07) is 21.2. The molecule has 0 saturated carbocycles. The number of carbonyl (C=O) groups is 1. The minimum Gasteiger partial charge on any atom is -0.494 e. The van der Waals surface area contributed by atoms with Gasteiger partial charge in [-0.3, -0.25) is 10.1 Å². The van der Waals surface area contributed by atoms with Crippen LogP contribution in [0.2, 0.25) is 0 Å². The van der Waals surface area contributed by atoms with Gasteiger partial charge >= 0.3 is 0 Å². The molecule has 0 bridgehead atoms. The van der Waals surface area contributed by atoms with E-state index in [-0.39, 0.29) is 12.5 Å². The van der Waals surface area contributed by atoms with E-state index in [0.29, 0.717) is 17.5 Å². The average molecular weight is 459 g/mol. The van der Waals surface area contributed by atoms with E-state index in [4.69, 9.17) is 13.9 Å². The molecule has 0 atom stereocenters. The Morgan fingerprint density at radius 2 is 1.73 bits per heavy atom. The van der Waals surface area contributed by atoms with Crippen molar-refractivity contribution in [2.75, 3.05) is 18.5 Å². The van der Waals surface area contributed by atoms with Gasteiger partial charge in [-0.2, -0.15) is 0 Å². The third-order valence-corrected chi connectivity index (χ3v) is 6.09. The fourth-order valence-corrected chi connectivity index (χ4v) is 4.54. The van der Waals surface area contributed by atoms with E-state index in [1.165, 1.54) is 11.3 Å². The molecule has 2 aromatic heterocycles. The minimum absolute atomic E-state index is 0.113. The maximum atomic E-state index is 12.5. The number of thiazole rings is 1. The Kier molecular flexibility index (Phi) is 5.71. The summed E-state index contributed by atoms with van der Waals surface area (Å²) in [4.78, 5) is 18.1. The molecule has 6 nitrogen and oxygen atoms in total. The molecular formula is C26H22N2O4S. The number of aromatic nitrogens is 1. The number of benzene rings is 3. The van der Waals surface area contributed by atoms with E-state index in [2.05, 4.69) is 10.3 Å². The third kappa shape index (κ3) is 4.40. The molecule has 7 heteroatoms. The second-order valence-corrected chi connectivity index (χ2v) is 8.68. The number of rotatable bonds is 7. The van der Waals surface area contributed by atoms with Crippen LogP contribution in [0.15, 0.2) is 71.1 Å². The highest BCUT2D eigenvalue weighted by molar-refractivity contribution is 7.16. The fraction of sp³-hybridized carbons (Fsp3) is 0.154. The Hall–Kier alpha value is -3.84. The number of amides is 1. The van der Waals surface area contributed by atoms with E-state index in [1.54, 1.807) is 6.07 Å². The van der Waals surface area contributed by atoms with E-state index in [1.807, 2.05) is 74.5 Å². The van der Waals surface area contributed by atoms with Gasteiger partial charge in [0.05, 0.1) is 12.3 Å². The molecule has 5 aromatic rings. The second-order valence-electron chi connectivity index (χ2n) is 7.47. The first-order valence-electron chi connectivity index (χ1n) is 10.7. The number of hydrogen-bond donors (Lipinski definition) is 1. The van der Waals surface area contributed by atoms with Crippen LogP contribution in [-0.2, 0) is 4.79 Å². The lowest BCUT2D eigenvalue weighted by Gasteiger charge is -2.06. The molecule has 5 rings (SSSR count). The normalized spacial score (nSPS) is 11.1. The van der Waals surface area contributed by atoms with E-state index in [9.17, 15) is 4.79 Å². The highest BCUT2D eigenvalue weighted by Crippen LogP contribution is 2.32. The lowest BCUT2D eigenvalue weighted by Crippen LogP contribution is -2.20. The first-order valence-corrected chi connectivity index (χ1v) is 11.5. The van der Waals surface area contributed by atoms with Gasteiger partial charge in [0, 0.05) is 21.2 Å². The lowest BCUT2D eigenvalue weighted by atomic mass is 10.1. The van der Waals surface area contributed by atoms with Crippen LogP contribution in [0.4, 0.5) is 5.13 Å². The summed E-state index contributed by atoms with van der Waals surface area (Å²) < 4.78 is 17.1. The van der Waals surface area contributed by atoms with Crippen LogP contribution in [0, 0.1) is 6.92 Å². The maximum Gasteiger partial charge on any atom is 0.264 e. The van der Waals surface area contributed by atoms with Gasteiger partial charge in [-0.15, -0.1) is 11.3 Å². The van der Waals surface area contributed by atoms with Crippen LogP contribution < -0.4 is 14.8 Å². The zero-order chi connectivity index (χ0) is 22.8. The van der Waals surface area contributed by atoms with Crippen LogP contribution in [-0.4, -0.2) is 24.1 Å². The summed E-state index contributed by atoms with van der Waals surface area (Å²) in [7, 11) is 0. The van der Waals surface area contributed by atoms with Gasteiger partial charge in [0.15, 0.2) is 11.7 Å². The number of nitrogens with one attached hydrogen (secondary N) is 1. The standard InChI is InChI=1S/C26H22N2O4S/c1-3-30-18-10-8-17(9-11-18)25-16(2)33-26(28-25)27-24(29)15-31-19-12-13-23-21(14-19)20-6-4-5-7-22(20)32-23/h4-14H,3,15H2,1-2H3,(H,27,28,29). The molecule has 3 aromatic carbocycles. The van der Waals surface area contributed by atoms with Gasteiger partial charge < -0.3 is 13.9 Å². The van der Waals surface area contributed by atoms with Crippen molar-refractivity contribution in [3.05, 3.63) is 71.6 Å². The molecule has 0 radical (unpaired) electrons. The summed E-state index contributed by atoms with van der Waals surface area (Å²) in [6.45, 7) is 4.45. The molecule has 0 unspecified atom stereocenters. The van der Waals surface area contributed by atoms with Crippen LogP contribution in [0.3, 0.4) is 0 Å². The Labute approximate surface area is 194 Å². The van der Waals surface area contributed by atoms with Crippen molar-refractivity contribution in [2.24, 2.45) is 0 Å². The Balaban J connectivity index is 1.25. The van der Waals surface area contributed by atoms with Crippen molar-refractivity contribution in [3.63, 3.8) is 0 Å². The van der Waals surface area contributed by atoms with E-state index < -0.39 is 0 Å². The largest absolute Gasteiger partial charge is 0.494 e. The molecule has 1 amide bonds. The zero-order valence-corrected chi connectivity index (χ0v) is 19.1. The molecule has 0 aliphatic rings. The van der Waals surface area contributed by atoms with Crippen LogP contribution >= 0.6 is 11.3 Å². The molecule has 0 aliphatic carbocycles. The highest BCUT2D eigenvalue weighted by Gasteiger charge is 2.13. The smallest absolute Gasteiger partial charge is 0.264 e. The van der Waals surface area contributed by atoms with Crippen molar-refractivity contribution >= 4 is 44.3 Å². The highest BCUT2D eigenvalue weighted by atomic mass is 32.1. The quantitative estimate of drug-likeness (QED) is 0.304. The third-order valence-electron chi connectivity index (χ3n) is 5.20. The van der Waals surface area contributed by atoms with Gasteiger partial charge in [-0.1, -0.05) is 18.2 Å². The molecular weight excluding hydrogens is 436 g/mol. The van der Waals surface area contributed by atoms with Crippen molar-refractivity contribution in [3.8, 4) is 22.8 Å². The van der Waals surface area contributed by atoms with Crippen molar-refractivity contribution in [1.29, 1.82) is 0 Å². The van der Waals surface area contributed by atoms with Crippen LogP contribution in [0.25, 0.3) is 33.2 Å². The first kappa shape index (κ1) is 21.0. The van der Waals surface area contributed by atoms with Crippen LogP contribution in [0.5, 0.6) is 11.5 Å². The second kappa shape index (κ2) is 8.96. The van der Waals surface area contributed by atoms with Crippen LogP contribution in [0.1, 0.15) is 11.8 Å². The molecule has 0 aliphatic heterocycles. The number of carbonyl (C=O) groups excluding carboxylic acids is 1.